The Bertz CT molecular complexity index is 1860. The van der Waals surface area contributed by atoms with Gasteiger partial charge in [0.05, 0.1) is 22.8 Å². The summed E-state index contributed by atoms with van der Waals surface area (Å²) in [5.74, 6) is -0.717. The molecule has 1 atom stereocenters. The number of carbonyl (C=O) groups excluding carboxylic acids is 1. The lowest BCUT2D eigenvalue weighted by Crippen LogP contribution is -2.41. The molecule has 0 fully saturated rings. The number of allylic oxidation sites excluding steroid dienone is 1. The van der Waals surface area contributed by atoms with Gasteiger partial charge in [0.15, 0.2) is 10.5 Å². The van der Waals surface area contributed by atoms with E-state index in [0.717, 1.165) is 21.5 Å². The average Bonchev–Trinajstić information content (AvgIpc) is 3.26. The van der Waals surface area contributed by atoms with Crippen molar-refractivity contribution in [2.75, 3.05) is 6.61 Å². The van der Waals surface area contributed by atoms with Gasteiger partial charge in [0.25, 0.3) is 5.56 Å². The molecule has 1 aliphatic rings. The first-order valence-electron chi connectivity index (χ1n) is 12.6. The molecule has 1 aliphatic heterocycles. The number of aromatic nitrogens is 1. The SMILES string of the molecule is CCOC(=O)C1=C(C(F)(F)F)N=c2s/c(=C/c3cccc(OCc4ccccc4Cl)c3)c(=O)n2[C@H]1c1ccc(Cl)cc1. The van der Waals surface area contributed by atoms with Crippen LogP contribution in [0.25, 0.3) is 6.08 Å². The van der Waals surface area contributed by atoms with Crippen molar-refractivity contribution < 1.29 is 27.4 Å². The number of ether oxygens (including phenoxy) is 2. The number of thiazole rings is 1. The maximum Gasteiger partial charge on any atom is 0.434 e. The van der Waals surface area contributed by atoms with Crippen molar-refractivity contribution in [2.45, 2.75) is 25.7 Å². The van der Waals surface area contributed by atoms with E-state index in [1.54, 1.807) is 30.3 Å². The third-order valence-electron chi connectivity index (χ3n) is 6.29. The van der Waals surface area contributed by atoms with Crippen LogP contribution in [0.4, 0.5) is 13.2 Å². The molecule has 42 heavy (non-hydrogen) atoms. The quantitative estimate of drug-likeness (QED) is 0.227. The molecule has 0 aliphatic carbocycles. The molecule has 4 aromatic rings. The molecule has 0 radical (unpaired) electrons. The zero-order valence-corrected chi connectivity index (χ0v) is 24.2. The van der Waals surface area contributed by atoms with Gasteiger partial charge in [-0.05, 0) is 54.5 Å². The fourth-order valence-electron chi connectivity index (χ4n) is 4.42. The van der Waals surface area contributed by atoms with E-state index in [-0.39, 0.29) is 28.1 Å². The van der Waals surface area contributed by atoms with Gasteiger partial charge in [-0.1, -0.05) is 77.0 Å². The van der Waals surface area contributed by atoms with E-state index >= 15 is 0 Å². The highest BCUT2D eigenvalue weighted by molar-refractivity contribution is 7.07. The second-order valence-corrected chi connectivity index (χ2v) is 10.9. The Morgan fingerprint density at radius 1 is 1.07 bits per heavy atom. The fraction of sp³-hybridized carbons (Fsp3) is 0.167. The molecule has 216 valence electrons. The van der Waals surface area contributed by atoms with Crippen LogP contribution < -0.4 is 19.6 Å². The lowest BCUT2D eigenvalue weighted by atomic mass is 9.95. The fourth-order valence-corrected chi connectivity index (χ4v) is 5.74. The van der Waals surface area contributed by atoms with E-state index in [1.165, 1.54) is 37.3 Å². The van der Waals surface area contributed by atoms with Gasteiger partial charge in [-0.25, -0.2) is 9.79 Å². The molecule has 0 unspecified atom stereocenters. The van der Waals surface area contributed by atoms with Crippen LogP contribution in [-0.2, 0) is 16.1 Å². The average molecular weight is 633 g/mol. The maximum absolute atomic E-state index is 14.3. The van der Waals surface area contributed by atoms with Gasteiger partial charge in [0, 0.05) is 15.6 Å². The van der Waals surface area contributed by atoms with E-state index in [4.69, 9.17) is 32.7 Å². The van der Waals surface area contributed by atoms with Crippen molar-refractivity contribution in [1.82, 2.24) is 4.57 Å². The standard InChI is InChI=1S/C30H21Cl2F3N2O4S/c1-2-40-28(39)24-25(18-10-12-20(31)13-11-18)37-27(38)23(42-29(37)36-26(24)30(33,34)35)15-17-6-5-8-21(14-17)41-16-19-7-3-4-9-22(19)32/h3-15,25H,2,16H2,1H3/b23-15+/t25-/m0/s1. The number of benzene rings is 3. The van der Waals surface area contributed by atoms with E-state index in [2.05, 4.69) is 4.99 Å². The van der Waals surface area contributed by atoms with Gasteiger partial charge in [-0.3, -0.25) is 9.36 Å². The van der Waals surface area contributed by atoms with Gasteiger partial charge in [0.2, 0.25) is 0 Å². The van der Waals surface area contributed by atoms with Crippen LogP contribution in [0.1, 0.15) is 29.7 Å². The highest BCUT2D eigenvalue weighted by Gasteiger charge is 2.45. The minimum absolute atomic E-state index is 0.114. The summed E-state index contributed by atoms with van der Waals surface area (Å²) >= 11 is 13.0. The summed E-state index contributed by atoms with van der Waals surface area (Å²) in [4.78, 5) is 30.2. The number of nitrogens with zero attached hydrogens (tertiary/aromatic N) is 2. The van der Waals surface area contributed by atoms with Crippen LogP contribution in [-0.4, -0.2) is 23.3 Å². The monoisotopic (exact) mass is 632 g/mol. The summed E-state index contributed by atoms with van der Waals surface area (Å²) in [7, 11) is 0. The molecule has 6 nitrogen and oxygen atoms in total. The van der Waals surface area contributed by atoms with Crippen LogP contribution in [0.5, 0.6) is 5.75 Å². The Morgan fingerprint density at radius 2 is 1.81 bits per heavy atom. The molecular weight excluding hydrogens is 612 g/mol. The van der Waals surface area contributed by atoms with Crippen molar-refractivity contribution in [3.05, 3.63) is 130 Å². The Kier molecular flexibility index (Phi) is 8.58. The second kappa shape index (κ2) is 12.2. The number of carbonyl (C=O) groups is 1. The van der Waals surface area contributed by atoms with Crippen LogP contribution in [0.3, 0.4) is 0 Å². The van der Waals surface area contributed by atoms with Crippen molar-refractivity contribution in [1.29, 1.82) is 0 Å². The number of hydrogen-bond donors (Lipinski definition) is 0. The first kappa shape index (κ1) is 29.6. The zero-order chi connectivity index (χ0) is 30.0. The number of halogens is 5. The summed E-state index contributed by atoms with van der Waals surface area (Å²) in [6.45, 7) is 1.52. The van der Waals surface area contributed by atoms with Crippen molar-refractivity contribution in [3.63, 3.8) is 0 Å². The molecular formula is C30H21Cl2F3N2O4S. The van der Waals surface area contributed by atoms with Crippen molar-refractivity contribution in [2.24, 2.45) is 4.99 Å². The second-order valence-electron chi connectivity index (χ2n) is 9.07. The maximum atomic E-state index is 14.3. The smallest absolute Gasteiger partial charge is 0.434 e. The summed E-state index contributed by atoms with van der Waals surface area (Å²) < 4.78 is 54.8. The molecule has 0 spiro atoms. The van der Waals surface area contributed by atoms with Gasteiger partial charge in [-0.2, -0.15) is 13.2 Å². The molecule has 3 aromatic carbocycles. The molecule has 0 saturated heterocycles. The summed E-state index contributed by atoms with van der Waals surface area (Å²) in [5.41, 5.74) is -1.21. The highest BCUT2D eigenvalue weighted by atomic mass is 35.5. The first-order chi connectivity index (χ1) is 20.1. The van der Waals surface area contributed by atoms with Crippen LogP contribution in [0.15, 0.2) is 93.9 Å². The Hall–Kier alpha value is -3.86. The van der Waals surface area contributed by atoms with E-state index < -0.39 is 35.0 Å². The highest BCUT2D eigenvalue weighted by Crippen LogP contribution is 2.38. The summed E-state index contributed by atoms with van der Waals surface area (Å²) in [5, 5.41) is 0.894. The number of fused-ring (bicyclic) bond motifs is 1. The minimum atomic E-state index is -4.99. The Morgan fingerprint density at radius 3 is 2.50 bits per heavy atom. The minimum Gasteiger partial charge on any atom is -0.489 e. The predicted molar refractivity (Wildman–Crippen MR) is 154 cm³/mol. The van der Waals surface area contributed by atoms with Crippen LogP contribution in [0, 0.1) is 0 Å². The van der Waals surface area contributed by atoms with Crippen LogP contribution >= 0.6 is 34.5 Å². The number of rotatable bonds is 7. The Labute approximate surface area is 251 Å². The topological polar surface area (TPSA) is 69.9 Å². The van der Waals surface area contributed by atoms with Crippen molar-refractivity contribution >= 4 is 46.6 Å². The summed E-state index contributed by atoms with van der Waals surface area (Å²) in [6, 6.07) is 18.5. The van der Waals surface area contributed by atoms with Gasteiger partial charge in [0.1, 0.15) is 12.4 Å². The molecule has 0 saturated carbocycles. The van der Waals surface area contributed by atoms with Gasteiger partial charge < -0.3 is 9.47 Å². The molecule has 0 N–H and O–H groups in total. The van der Waals surface area contributed by atoms with Gasteiger partial charge >= 0.3 is 12.1 Å². The number of esters is 1. The third-order valence-corrected chi connectivity index (χ3v) is 7.89. The van der Waals surface area contributed by atoms with E-state index in [1.807, 2.05) is 18.2 Å². The van der Waals surface area contributed by atoms with E-state index in [9.17, 15) is 22.8 Å². The molecule has 0 amide bonds. The third kappa shape index (κ3) is 6.16. The molecule has 0 bridgehead atoms. The predicted octanol–water partition coefficient (Wildman–Crippen LogP) is 6.23. The molecule has 1 aromatic heterocycles. The molecule has 12 heteroatoms. The number of alkyl halides is 3. The van der Waals surface area contributed by atoms with E-state index in [0.29, 0.717) is 21.4 Å². The molecule has 5 rings (SSSR count). The largest absolute Gasteiger partial charge is 0.489 e. The summed E-state index contributed by atoms with van der Waals surface area (Å²) in [6.07, 6.45) is -3.46. The zero-order valence-electron chi connectivity index (χ0n) is 21.8. The number of hydrogen-bond acceptors (Lipinski definition) is 6. The normalized spacial score (nSPS) is 15.3. The lowest BCUT2D eigenvalue weighted by Gasteiger charge is -2.26. The van der Waals surface area contributed by atoms with Crippen LogP contribution in [0.2, 0.25) is 10.0 Å². The van der Waals surface area contributed by atoms with Gasteiger partial charge in [-0.15, -0.1) is 0 Å². The van der Waals surface area contributed by atoms with Crippen molar-refractivity contribution in [3.8, 4) is 5.75 Å². The Balaban J connectivity index is 1.62. The molecule has 2 heterocycles. The first-order valence-corrected chi connectivity index (χ1v) is 14.2. The lowest BCUT2D eigenvalue weighted by molar-refractivity contribution is -0.140.